The Balaban J connectivity index is 1.92. The molecule has 1 aliphatic rings. The fourth-order valence-electron chi connectivity index (χ4n) is 3.60. The van der Waals surface area contributed by atoms with Crippen LogP contribution >= 0.6 is 23.4 Å². The average molecular weight is 512 g/mol. The predicted octanol–water partition coefficient (Wildman–Crippen LogP) is 5.58. The van der Waals surface area contributed by atoms with Crippen molar-refractivity contribution in [1.29, 1.82) is 5.26 Å². The number of nitrogens with zero attached hydrogens (tertiary/aromatic N) is 1. The van der Waals surface area contributed by atoms with E-state index >= 15 is 0 Å². The van der Waals surface area contributed by atoms with Gasteiger partial charge in [0.05, 0.1) is 33.9 Å². The summed E-state index contributed by atoms with van der Waals surface area (Å²) in [4.78, 5) is 25.5. The lowest BCUT2D eigenvalue weighted by molar-refractivity contribution is -0.138. The molecule has 0 unspecified atom stereocenters. The Bertz CT molecular complexity index is 1280. The predicted molar refractivity (Wildman–Crippen MR) is 136 cm³/mol. The van der Waals surface area contributed by atoms with E-state index in [2.05, 4.69) is 23.3 Å². The quantitative estimate of drug-likeness (QED) is 0.355. The molecule has 1 atom stereocenters. The van der Waals surface area contributed by atoms with Gasteiger partial charge in [0, 0.05) is 22.0 Å². The largest absolute Gasteiger partial charge is 0.458 e. The maximum atomic E-state index is 14.8. The summed E-state index contributed by atoms with van der Waals surface area (Å²) in [6.07, 6.45) is 1.42. The van der Waals surface area contributed by atoms with Crippen LogP contribution in [0.4, 0.5) is 10.1 Å². The Morgan fingerprint density at radius 2 is 2.03 bits per heavy atom. The number of esters is 1. The molecule has 0 spiro atoms. The molecule has 6 nitrogen and oxygen atoms in total. The number of nitrogens with one attached hydrogen (secondary N) is 2. The number of allylic oxidation sites excluding steroid dienone is 2. The van der Waals surface area contributed by atoms with Crippen molar-refractivity contribution in [2.45, 2.75) is 19.8 Å². The van der Waals surface area contributed by atoms with Crippen molar-refractivity contribution in [1.82, 2.24) is 5.32 Å². The minimum atomic E-state index is -1.000. The number of anilines is 1. The molecule has 1 heterocycles. The van der Waals surface area contributed by atoms with Gasteiger partial charge in [-0.1, -0.05) is 60.3 Å². The summed E-state index contributed by atoms with van der Waals surface area (Å²) >= 11 is 7.20. The number of dihydropyridines is 1. The number of hydrogen-bond acceptors (Lipinski definition) is 6. The van der Waals surface area contributed by atoms with Gasteiger partial charge in [-0.3, -0.25) is 4.79 Å². The summed E-state index contributed by atoms with van der Waals surface area (Å²) in [5.74, 6) is -2.60. The second kappa shape index (κ2) is 11.7. The molecule has 35 heavy (non-hydrogen) atoms. The number of carbonyl (C=O) groups is 2. The van der Waals surface area contributed by atoms with Gasteiger partial charge in [0.15, 0.2) is 0 Å². The van der Waals surface area contributed by atoms with E-state index in [9.17, 15) is 19.2 Å². The van der Waals surface area contributed by atoms with Crippen LogP contribution in [0.5, 0.6) is 0 Å². The molecular formula is C26H23ClFN3O3S. The molecular weight excluding hydrogens is 489 g/mol. The number of amides is 1. The fourth-order valence-corrected chi connectivity index (χ4v) is 4.66. The van der Waals surface area contributed by atoms with Gasteiger partial charge in [0.2, 0.25) is 5.91 Å². The Labute approximate surface area is 212 Å². The average Bonchev–Trinajstić information content (AvgIpc) is 2.84. The highest BCUT2D eigenvalue weighted by atomic mass is 35.5. The van der Waals surface area contributed by atoms with Gasteiger partial charge in [-0.05, 0) is 37.6 Å². The zero-order valence-corrected chi connectivity index (χ0v) is 20.7. The zero-order valence-electron chi connectivity index (χ0n) is 19.2. The normalized spacial score (nSPS) is 15.2. The second-order valence-electron chi connectivity index (χ2n) is 7.61. The number of carbonyl (C=O) groups excluding carboxylic acids is 2. The lowest BCUT2D eigenvalue weighted by Gasteiger charge is -2.29. The number of halogens is 2. The first-order valence-electron chi connectivity index (χ1n) is 10.6. The van der Waals surface area contributed by atoms with Gasteiger partial charge in [0.25, 0.3) is 0 Å². The van der Waals surface area contributed by atoms with E-state index in [1.54, 1.807) is 38.1 Å². The number of nitriles is 1. The van der Waals surface area contributed by atoms with Crippen molar-refractivity contribution in [2.75, 3.05) is 17.7 Å². The van der Waals surface area contributed by atoms with E-state index in [-0.39, 0.29) is 35.0 Å². The van der Waals surface area contributed by atoms with Crippen LogP contribution in [-0.2, 0) is 14.3 Å². The van der Waals surface area contributed by atoms with Crippen LogP contribution in [0.25, 0.3) is 0 Å². The fraction of sp³-hybridized carbons (Fsp3) is 0.192. The van der Waals surface area contributed by atoms with Gasteiger partial charge in [-0.25, -0.2) is 9.18 Å². The van der Waals surface area contributed by atoms with Crippen LogP contribution in [-0.4, -0.2) is 24.2 Å². The summed E-state index contributed by atoms with van der Waals surface area (Å²) < 4.78 is 20.0. The number of thioether (sulfide) groups is 1. The van der Waals surface area contributed by atoms with Crippen LogP contribution < -0.4 is 10.6 Å². The topological polar surface area (TPSA) is 91.2 Å². The highest BCUT2D eigenvalue weighted by molar-refractivity contribution is 8.03. The molecule has 0 aromatic heterocycles. The third-order valence-electron chi connectivity index (χ3n) is 5.31. The summed E-state index contributed by atoms with van der Waals surface area (Å²) in [5, 5.41) is 16.7. The van der Waals surface area contributed by atoms with Gasteiger partial charge in [-0.15, -0.1) is 0 Å². The van der Waals surface area contributed by atoms with Crippen LogP contribution in [0, 0.1) is 24.1 Å². The molecule has 2 N–H and O–H groups in total. The molecule has 0 radical (unpaired) electrons. The summed E-state index contributed by atoms with van der Waals surface area (Å²) in [6, 6.07) is 13.2. The molecule has 1 aliphatic heterocycles. The summed E-state index contributed by atoms with van der Waals surface area (Å²) in [5.41, 5.74) is 2.12. The smallest absolute Gasteiger partial charge is 0.337 e. The molecule has 180 valence electrons. The van der Waals surface area contributed by atoms with Crippen LogP contribution in [0.1, 0.15) is 24.0 Å². The first-order valence-corrected chi connectivity index (χ1v) is 12.0. The van der Waals surface area contributed by atoms with Gasteiger partial charge in [-0.2, -0.15) is 5.26 Å². The number of benzene rings is 2. The first-order chi connectivity index (χ1) is 16.8. The first kappa shape index (κ1) is 26.1. The molecule has 0 bridgehead atoms. The number of hydrogen-bond donors (Lipinski definition) is 2. The third kappa shape index (κ3) is 5.94. The Kier molecular flexibility index (Phi) is 8.74. The number of ether oxygens (including phenoxy) is 1. The van der Waals surface area contributed by atoms with Crippen molar-refractivity contribution in [3.63, 3.8) is 0 Å². The standard InChI is InChI=1S/C26H23ClFN3O3S/c1-4-12-34-26(33)23-16(3)30-25(18(13-29)24(23)17-8-5-6-10-20(17)28)35-14-22(32)31-21-11-7-9-19(27)15(21)2/h4-11,24,30H,1,12,14H2,2-3H3,(H,31,32)/t24-/m1/s1. The second-order valence-corrected chi connectivity index (χ2v) is 9.00. The summed E-state index contributed by atoms with van der Waals surface area (Å²) in [6.45, 7) is 6.94. The molecule has 9 heteroatoms. The zero-order chi connectivity index (χ0) is 25.5. The van der Waals surface area contributed by atoms with Crippen LogP contribution in [0.15, 0.2) is 77.0 Å². The van der Waals surface area contributed by atoms with Gasteiger partial charge < -0.3 is 15.4 Å². The van der Waals surface area contributed by atoms with E-state index in [0.717, 1.165) is 17.3 Å². The highest BCUT2D eigenvalue weighted by Gasteiger charge is 2.37. The molecule has 0 saturated carbocycles. The van der Waals surface area contributed by atoms with E-state index in [1.807, 2.05) is 0 Å². The Morgan fingerprint density at radius 3 is 2.71 bits per heavy atom. The van der Waals surface area contributed by atoms with Crippen LogP contribution in [0.2, 0.25) is 5.02 Å². The lowest BCUT2D eigenvalue weighted by atomic mass is 9.82. The van der Waals surface area contributed by atoms with Crippen molar-refractivity contribution in [3.8, 4) is 6.07 Å². The Hall–Kier alpha value is -3.54. The van der Waals surface area contributed by atoms with E-state index in [0.29, 0.717) is 21.4 Å². The summed E-state index contributed by atoms with van der Waals surface area (Å²) in [7, 11) is 0. The molecule has 2 aromatic rings. The maximum Gasteiger partial charge on any atom is 0.337 e. The molecule has 3 rings (SSSR count). The third-order valence-corrected chi connectivity index (χ3v) is 6.73. The van der Waals surface area contributed by atoms with E-state index in [4.69, 9.17) is 16.3 Å². The highest BCUT2D eigenvalue weighted by Crippen LogP contribution is 2.41. The van der Waals surface area contributed by atoms with Crippen molar-refractivity contribution < 1.29 is 18.7 Å². The lowest BCUT2D eigenvalue weighted by Crippen LogP contribution is -2.30. The molecule has 0 fully saturated rings. The maximum absolute atomic E-state index is 14.8. The van der Waals surface area contributed by atoms with Gasteiger partial charge in [0.1, 0.15) is 12.4 Å². The molecule has 0 saturated heterocycles. The van der Waals surface area contributed by atoms with Gasteiger partial charge >= 0.3 is 5.97 Å². The van der Waals surface area contributed by atoms with Crippen molar-refractivity contribution >= 4 is 40.9 Å². The van der Waals surface area contributed by atoms with E-state index in [1.165, 1.54) is 24.3 Å². The Morgan fingerprint density at radius 1 is 1.29 bits per heavy atom. The minimum absolute atomic E-state index is 0.0318. The SMILES string of the molecule is C=CCOC(=O)C1=C(C)NC(SCC(=O)Nc2cccc(Cl)c2C)=C(C#N)[C@H]1c1ccccc1F. The minimum Gasteiger partial charge on any atom is -0.458 e. The van der Waals surface area contributed by atoms with Crippen LogP contribution in [0.3, 0.4) is 0 Å². The monoisotopic (exact) mass is 511 g/mol. The van der Waals surface area contributed by atoms with E-state index < -0.39 is 17.7 Å². The molecule has 0 aliphatic carbocycles. The van der Waals surface area contributed by atoms with Crippen molar-refractivity contribution in [3.05, 3.63) is 99.0 Å². The number of rotatable bonds is 8. The molecule has 1 amide bonds. The molecule has 2 aromatic carbocycles. The van der Waals surface area contributed by atoms with Crippen molar-refractivity contribution in [2.24, 2.45) is 0 Å².